The molecule has 0 aromatic heterocycles. The monoisotopic (exact) mass is 485 g/mol. The first-order chi connectivity index (χ1) is 16.2. The second-order valence-corrected chi connectivity index (χ2v) is 10.0. The number of hydrogen-bond donors (Lipinski definition) is 2. The summed E-state index contributed by atoms with van der Waals surface area (Å²) in [5.41, 5.74) is 0.912. The fourth-order valence-electron chi connectivity index (χ4n) is 4.22. The van der Waals surface area contributed by atoms with Gasteiger partial charge in [-0.2, -0.15) is 0 Å². The first-order valence-corrected chi connectivity index (χ1v) is 12.3. The van der Waals surface area contributed by atoms with E-state index in [2.05, 4.69) is 10.0 Å². The van der Waals surface area contributed by atoms with Gasteiger partial charge in [-0.15, -0.1) is 0 Å². The van der Waals surface area contributed by atoms with Gasteiger partial charge in [0.05, 0.1) is 16.7 Å². The van der Waals surface area contributed by atoms with Gasteiger partial charge < -0.3 is 5.32 Å². The van der Waals surface area contributed by atoms with E-state index in [1.54, 1.807) is 19.1 Å². The van der Waals surface area contributed by atoms with Crippen molar-refractivity contribution in [2.75, 3.05) is 16.6 Å². The van der Waals surface area contributed by atoms with Crippen molar-refractivity contribution in [3.8, 4) is 0 Å². The van der Waals surface area contributed by atoms with E-state index in [0.29, 0.717) is 18.4 Å². The van der Waals surface area contributed by atoms with Crippen LogP contribution in [0, 0.1) is 24.6 Å². The van der Waals surface area contributed by atoms with Crippen molar-refractivity contribution in [3.05, 3.63) is 66.0 Å². The van der Waals surface area contributed by atoms with Crippen LogP contribution in [0.1, 0.15) is 24.8 Å². The zero-order valence-corrected chi connectivity index (χ0v) is 19.3. The number of benzene rings is 2. The van der Waals surface area contributed by atoms with Gasteiger partial charge in [0.25, 0.3) is 10.0 Å². The maximum atomic E-state index is 13.1. The fraction of sp³-hybridized carbons (Fsp3) is 0.292. The number of nitrogens with zero attached hydrogens (tertiary/aromatic N) is 1. The van der Waals surface area contributed by atoms with Gasteiger partial charge in [0.15, 0.2) is 0 Å². The summed E-state index contributed by atoms with van der Waals surface area (Å²) in [6.07, 6.45) is 4.76. The number of hydrogen-bond acceptors (Lipinski definition) is 5. The Hall–Kier alpha value is -3.53. The molecule has 2 atom stereocenters. The van der Waals surface area contributed by atoms with E-state index >= 15 is 0 Å². The molecular formula is C24H24FN3O5S. The van der Waals surface area contributed by atoms with E-state index in [0.717, 1.165) is 17.0 Å². The maximum Gasteiger partial charge on any atom is 0.262 e. The summed E-state index contributed by atoms with van der Waals surface area (Å²) in [6.45, 7) is 1.59. The molecule has 0 spiro atoms. The highest BCUT2D eigenvalue weighted by Gasteiger charge is 2.46. The minimum Gasteiger partial charge on any atom is -0.326 e. The van der Waals surface area contributed by atoms with Crippen molar-refractivity contribution in [1.82, 2.24) is 4.90 Å². The van der Waals surface area contributed by atoms with Gasteiger partial charge >= 0.3 is 0 Å². The van der Waals surface area contributed by atoms with E-state index in [-0.39, 0.29) is 52.9 Å². The number of likely N-dealkylation sites (tertiary alicyclic amines) is 1. The number of amides is 3. The molecule has 0 bridgehead atoms. The number of imide groups is 1. The predicted octanol–water partition coefficient (Wildman–Crippen LogP) is 3.21. The molecule has 2 N–H and O–H groups in total. The summed E-state index contributed by atoms with van der Waals surface area (Å²) < 4.78 is 41.2. The molecule has 1 aliphatic heterocycles. The molecule has 10 heteroatoms. The average Bonchev–Trinajstić information content (AvgIpc) is 3.05. The number of carbonyl (C=O) groups is 3. The molecule has 2 aromatic rings. The number of nitrogens with one attached hydrogen (secondary N) is 2. The Balaban J connectivity index is 1.41. The van der Waals surface area contributed by atoms with Crippen molar-refractivity contribution in [1.29, 1.82) is 0 Å². The van der Waals surface area contributed by atoms with E-state index in [9.17, 15) is 27.2 Å². The quantitative estimate of drug-likeness (QED) is 0.462. The first kappa shape index (κ1) is 23.6. The maximum absolute atomic E-state index is 13.1. The Morgan fingerprint density at radius 3 is 2.21 bits per heavy atom. The molecule has 0 unspecified atom stereocenters. The third-order valence-electron chi connectivity index (χ3n) is 6.02. The minimum absolute atomic E-state index is 0.0281. The van der Waals surface area contributed by atoms with E-state index in [1.807, 2.05) is 12.2 Å². The van der Waals surface area contributed by atoms with Gasteiger partial charge in [0, 0.05) is 24.3 Å². The van der Waals surface area contributed by atoms with Crippen LogP contribution in [0.3, 0.4) is 0 Å². The Bertz CT molecular complexity index is 1250. The van der Waals surface area contributed by atoms with Crippen LogP contribution in [0.25, 0.3) is 0 Å². The Labute approximate surface area is 196 Å². The van der Waals surface area contributed by atoms with E-state index in [1.165, 1.54) is 18.2 Å². The van der Waals surface area contributed by atoms with E-state index in [4.69, 9.17) is 0 Å². The first-order valence-electron chi connectivity index (χ1n) is 10.8. The van der Waals surface area contributed by atoms with Crippen LogP contribution in [0.15, 0.2) is 59.5 Å². The van der Waals surface area contributed by atoms with Gasteiger partial charge in [-0.05, 0) is 61.7 Å². The van der Waals surface area contributed by atoms with Crippen molar-refractivity contribution < 1.29 is 27.2 Å². The van der Waals surface area contributed by atoms with Crippen LogP contribution in [0.4, 0.5) is 15.8 Å². The molecule has 3 amide bonds. The summed E-state index contributed by atoms with van der Waals surface area (Å²) in [4.78, 5) is 38.7. The largest absolute Gasteiger partial charge is 0.326 e. The number of fused-ring (bicyclic) bond motifs is 1. The lowest BCUT2D eigenvalue weighted by Crippen LogP contribution is -2.34. The summed E-state index contributed by atoms with van der Waals surface area (Å²) >= 11 is 0. The molecule has 1 aliphatic carbocycles. The van der Waals surface area contributed by atoms with Gasteiger partial charge in [-0.25, -0.2) is 12.8 Å². The second-order valence-electron chi connectivity index (χ2n) is 8.37. The summed E-state index contributed by atoms with van der Waals surface area (Å²) in [5.74, 6) is -2.13. The fourth-order valence-corrected chi connectivity index (χ4v) is 5.55. The van der Waals surface area contributed by atoms with Crippen molar-refractivity contribution in [2.24, 2.45) is 11.8 Å². The topological polar surface area (TPSA) is 113 Å². The minimum atomic E-state index is -3.99. The molecule has 1 fully saturated rings. The number of allylic oxidation sites excluding steroid dienone is 2. The highest BCUT2D eigenvalue weighted by Crippen LogP contribution is 2.35. The zero-order chi connectivity index (χ0) is 24.5. The lowest BCUT2D eigenvalue weighted by molar-refractivity contribution is -0.140. The average molecular weight is 486 g/mol. The summed E-state index contributed by atoms with van der Waals surface area (Å²) in [6, 6.07) is 9.34. The Kier molecular flexibility index (Phi) is 6.52. The van der Waals surface area contributed by atoms with E-state index < -0.39 is 21.7 Å². The standard InChI is InChI=1S/C24H24FN3O5S/c1-15-6-9-18(14-21(15)34(32,33)27-17-10-7-16(25)8-11-17)26-22(29)12-13-28-23(30)19-4-2-3-5-20(19)24(28)31/h2-3,6-11,14,19-20,27H,4-5,12-13H2,1H3,(H,26,29)/t19-,20-/m1/s1. The molecule has 1 heterocycles. The third kappa shape index (κ3) is 4.86. The molecule has 2 aromatic carbocycles. The molecule has 0 saturated carbocycles. The Morgan fingerprint density at radius 2 is 1.59 bits per heavy atom. The van der Waals surface area contributed by atoms with Gasteiger partial charge in [0.2, 0.25) is 17.7 Å². The number of aryl methyl sites for hydroxylation is 1. The molecule has 34 heavy (non-hydrogen) atoms. The van der Waals surface area contributed by atoms with Crippen LogP contribution in [-0.4, -0.2) is 37.6 Å². The number of anilines is 2. The molecule has 8 nitrogen and oxygen atoms in total. The van der Waals surface area contributed by atoms with Crippen LogP contribution in [-0.2, 0) is 24.4 Å². The SMILES string of the molecule is Cc1ccc(NC(=O)CCN2C(=O)[C@@H]3CC=CC[C@H]3C2=O)cc1S(=O)(=O)Nc1ccc(F)cc1. The van der Waals surface area contributed by atoms with Crippen molar-refractivity contribution in [2.45, 2.75) is 31.1 Å². The highest BCUT2D eigenvalue weighted by molar-refractivity contribution is 7.92. The number of carbonyl (C=O) groups excluding carboxylic acids is 3. The molecule has 1 saturated heterocycles. The molecule has 4 rings (SSSR count). The molecular weight excluding hydrogens is 461 g/mol. The van der Waals surface area contributed by atoms with Crippen LogP contribution >= 0.6 is 0 Å². The lowest BCUT2D eigenvalue weighted by atomic mass is 9.85. The normalized spacial score (nSPS) is 19.8. The van der Waals surface area contributed by atoms with Crippen LogP contribution in [0.2, 0.25) is 0 Å². The third-order valence-corrected chi connectivity index (χ3v) is 7.54. The van der Waals surface area contributed by atoms with Crippen molar-refractivity contribution >= 4 is 39.1 Å². The number of sulfonamides is 1. The summed E-state index contributed by atoms with van der Waals surface area (Å²) in [5, 5.41) is 2.63. The molecule has 0 radical (unpaired) electrons. The second kappa shape index (κ2) is 9.38. The molecule has 178 valence electrons. The van der Waals surface area contributed by atoms with Crippen molar-refractivity contribution in [3.63, 3.8) is 0 Å². The van der Waals surface area contributed by atoms with Crippen LogP contribution in [0.5, 0.6) is 0 Å². The Morgan fingerprint density at radius 1 is 1.00 bits per heavy atom. The number of rotatable bonds is 7. The van der Waals surface area contributed by atoms with Crippen LogP contribution < -0.4 is 10.0 Å². The van der Waals surface area contributed by atoms with Gasteiger partial charge in [0.1, 0.15) is 5.82 Å². The zero-order valence-electron chi connectivity index (χ0n) is 18.5. The lowest BCUT2D eigenvalue weighted by Gasteiger charge is -2.15. The predicted molar refractivity (Wildman–Crippen MR) is 124 cm³/mol. The smallest absolute Gasteiger partial charge is 0.262 e. The molecule has 2 aliphatic rings. The van der Waals surface area contributed by atoms with Gasteiger partial charge in [-0.3, -0.25) is 24.0 Å². The van der Waals surface area contributed by atoms with Gasteiger partial charge in [-0.1, -0.05) is 18.2 Å². The summed E-state index contributed by atoms with van der Waals surface area (Å²) in [7, 11) is -3.99. The highest BCUT2D eigenvalue weighted by atomic mass is 32.2. The number of halogens is 1.